The van der Waals surface area contributed by atoms with Gasteiger partial charge in [-0.3, -0.25) is 14.7 Å². The number of furan rings is 1. The minimum Gasteiger partial charge on any atom is -0.497 e. The number of ether oxygens (including phenoxy) is 1. The van der Waals surface area contributed by atoms with Gasteiger partial charge in [0.15, 0.2) is 11.6 Å². The van der Waals surface area contributed by atoms with E-state index in [1.54, 1.807) is 24.1 Å². The summed E-state index contributed by atoms with van der Waals surface area (Å²) in [6, 6.07) is 10.8. The lowest BCUT2D eigenvalue weighted by Crippen LogP contribution is -2.42. The second-order valence-electron chi connectivity index (χ2n) is 7.10. The van der Waals surface area contributed by atoms with Crippen molar-refractivity contribution in [1.29, 1.82) is 0 Å². The lowest BCUT2D eigenvalue weighted by Gasteiger charge is -2.30. The van der Waals surface area contributed by atoms with Crippen LogP contribution < -0.4 is 10.1 Å². The summed E-state index contributed by atoms with van der Waals surface area (Å²) >= 11 is 0. The van der Waals surface area contributed by atoms with Crippen molar-refractivity contribution in [3.63, 3.8) is 0 Å². The Kier molecular flexibility index (Phi) is 5.78. The number of H-pyrrole nitrogens is 1. The number of rotatable bonds is 6. The molecule has 0 saturated carbocycles. The molecule has 3 aromatic rings. The van der Waals surface area contributed by atoms with Gasteiger partial charge in [0.2, 0.25) is 5.91 Å². The number of nitrogens with one attached hydrogen (secondary N) is 2. The Balaban J connectivity index is 1.26. The highest BCUT2D eigenvalue weighted by Gasteiger charge is 2.28. The summed E-state index contributed by atoms with van der Waals surface area (Å²) < 4.78 is 10.3. The van der Waals surface area contributed by atoms with E-state index in [1.165, 1.54) is 6.26 Å². The number of amides is 2. The van der Waals surface area contributed by atoms with E-state index >= 15 is 0 Å². The van der Waals surface area contributed by atoms with Crippen molar-refractivity contribution in [3.8, 4) is 17.1 Å². The molecule has 2 aromatic heterocycles. The van der Waals surface area contributed by atoms with Crippen molar-refractivity contribution in [2.24, 2.45) is 5.92 Å². The van der Waals surface area contributed by atoms with Crippen LogP contribution in [0.3, 0.4) is 0 Å². The van der Waals surface area contributed by atoms with Crippen molar-refractivity contribution in [1.82, 2.24) is 25.4 Å². The molecule has 1 aliphatic heterocycles. The molecule has 2 N–H and O–H groups in total. The van der Waals surface area contributed by atoms with Gasteiger partial charge in [-0.15, -0.1) is 0 Å². The largest absolute Gasteiger partial charge is 0.497 e. The van der Waals surface area contributed by atoms with E-state index in [0.717, 1.165) is 11.3 Å². The third-order valence-electron chi connectivity index (χ3n) is 5.19. The standard InChI is InChI=1S/C21H23N5O4/c1-29-16-6-4-14(5-7-16)19-23-18(24-25-19)13-22-20(27)15-8-10-26(11-9-15)21(28)17-3-2-12-30-17/h2-7,12,15H,8-11,13H2,1H3,(H,22,27)(H,23,24,25). The lowest BCUT2D eigenvalue weighted by atomic mass is 9.95. The van der Waals surface area contributed by atoms with Crippen LogP contribution in [-0.2, 0) is 11.3 Å². The molecule has 1 fully saturated rings. The van der Waals surface area contributed by atoms with Crippen LogP contribution in [0.1, 0.15) is 29.2 Å². The summed E-state index contributed by atoms with van der Waals surface area (Å²) in [6.07, 6.45) is 2.72. The number of carbonyl (C=O) groups is 2. The molecule has 0 unspecified atom stereocenters. The summed E-state index contributed by atoms with van der Waals surface area (Å²) in [6.45, 7) is 1.33. The lowest BCUT2D eigenvalue weighted by molar-refractivity contribution is -0.126. The third-order valence-corrected chi connectivity index (χ3v) is 5.19. The molecule has 4 rings (SSSR count). The molecule has 9 nitrogen and oxygen atoms in total. The van der Waals surface area contributed by atoms with E-state index in [0.29, 0.717) is 43.3 Å². The van der Waals surface area contributed by atoms with Crippen molar-refractivity contribution >= 4 is 11.8 Å². The summed E-state index contributed by atoms with van der Waals surface area (Å²) in [4.78, 5) is 31.0. The topological polar surface area (TPSA) is 113 Å². The first-order valence-corrected chi connectivity index (χ1v) is 9.80. The SMILES string of the molecule is COc1ccc(-c2n[nH]c(CNC(=O)C3CCN(C(=O)c4ccco4)CC3)n2)cc1. The van der Waals surface area contributed by atoms with Crippen LogP contribution in [-0.4, -0.2) is 52.1 Å². The van der Waals surface area contributed by atoms with E-state index in [1.807, 2.05) is 24.3 Å². The van der Waals surface area contributed by atoms with Gasteiger partial charge in [-0.25, -0.2) is 4.98 Å². The van der Waals surface area contributed by atoms with Gasteiger partial charge in [0.05, 0.1) is 19.9 Å². The highest BCUT2D eigenvalue weighted by Crippen LogP contribution is 2.21. The number of benzene rings is 1. The number of piperidine rings is 1. The number of carbonyl (C=O) groups excluding carboxylic acids is 2. The van der Waals surface area contributed by atoms with Crippen molar-refractivity contribution in [2.75, 3.05) is 20.2 Å². The molecule has 156 valence electrons. The molecule has 3 heterocycles. The molecule has 1 aromatic carbocycles. The smallest absolute Gasteiger partial charge is 0.289 e. The maximum Gasteiger partial charge on any atom is 0.289 e. The zero-order chi connectivity index (χ0) is 20.9. The summed E-state index contributed by atoms with van der Waals surface area (Å²) in [7, 11) is 1.61. The molecule has 30 heavy (non-hydrogen) atoms. The summed E-state index contributed by atoms with van der Waals surface area (Å²) in [5.74, 6) is 1.93. The number of hydrogen-bond acceptors (Lipinski definition) is 6. The molecule has 0 atom stereocenters. The Morgan fingerprint density at radius 3 is 2.67 bits per heavy atom. The van der Waals surface area contributed by atoms with Crippen LogP contribution in [0.2, 0.25) is 0 Å². The maximum atomic E-state index is 12.5. The molecular weight excluding hydrogens is 386 g/mol. The normalized spacial score (nSPS) is 14.5. The predicted molar refractivity (Wildman–Crippen MR) is 108 cm³/mol. The van der Waals surface area contributed by atoms with E-state index in [-0.39, 0.29) is 24.3 Å². The Hall–Kier alpha value is -3.62. The Labute approximate surface area is 173 Å². The number of methoxy groups -OCH3 is 1. The zero-order valence-electron chi connectivity index (χ0n) is 16.6. The number of aromatic nitrogens is 3. The van der Waals surface area contributed by atoms with Crippen LogP contribution in [0.4, 0.5) is 0 Å². The van der Waals surface area contributed by atoms with Gasteiger partial charge in [-0.2, -0.15) is 5.10 Å². The first-order valence-electron chi connectivity index (χ1n) is 9.80. The Bertz CT molecular complexity index is 989. The van der Waals surface area contributed by atoms with E-state index < -0.39 is 0 Å². The summed E-state index contributed by atoms with van der Waals surface area (Å²) in [5, 5.41) is 9.97. The van der Waals surface area contributed by atoms with E-state index in [4.69, 9.17) is 9.15 Å². The van der Waals surface area contributed by atoms with Gasteiger partial charge in [0.1, 0.15) is 11.6 Å². The first kappa shape index (κ1) is 19.7. The molecule has 1 saturated heterocycles. The minimum atomic E-state index is -0.133. The van der Waals surface area contributed by atoms with Gasteiger partial charge < -0.3 is 19.4 Å². The zero-order valence-corrected chi connectivity index (χ0v) is 16.6. The van der Waals surface area contributed by atoms with Crippen LogP contribution in [0, 0.1) is 5.92 Å². The maximum absolute atomic E-state index is 12.5. The van der Waals surface area contributed by atoms with Crippen molar-refractivity contribution in [3.05, 3.63) is 54.2 Å². The second kappa shape index (κ2) is 8.81. The predicted octanol–water partition coefficient (Wildman–Crippen LogP) is 2.24. The molecule has 2 amide bonds. The average molecular weight is 409 g/mol. The fourth-order valence-corrected chi connectivity index (χ4v) is 3.46. The minimum absolute atomic E-state index is 0.0394. The molecule has 9 heteroatoms. The molecule has 1 aliphatic rings. The monoisotopic (exact) mass is 409 g/mol. The number of aromatic amines is 1. The highest BCUT2D eigenvalue weighted by atomic mass is 16.5. The first-order chi connectivity index (χ1) is 14.6. The van der Waals surface area contributed by atoms with Crippen molar-refractivity contribution < 1.29 is 18.7 Å². The molecule has 0 bridgehead atoms. The molecular formula is C21H23N5O4. The van der Waals surface area contributed by atoms with Crippen molar-refractivity contribution in [2.45, 2.75) is 19.4 Å². The fraction of sp³-hybridized carbons (Fsp3) is 0.333. The molecule has 0 radical (unpaired) electrons. The number of likely N-dealkylation sites (tertiary alicyclic amines) is 1. The second-order valence-corrected chi connectivity index (χ2v) is 7.10. The quantitative estimate of drug-likeness (QED) is 0.646. The van der Waals surface area contributed by atoms with Gasteiger partial charge in [-0.1, -0.05) is 0 Å². The third kappa shape index (κ3) is 4.35. The Morgan fingerprint density at radius 2 is 2.00 bits per heavy atom. The van der Waals surface area contributed by atoms with Crippen LogP contribution in [0.25, 0.3) is 11.4 Å². The van der Waals surface area contributed by atoms with Crippen LogP contribution >= 0.6 is 0 Å². The van der Waals surface area contributed by atoms with Gasteiger partial charge in [-0.05, 0) is 49.2 Å². The fourth-order valence-electron chi connectivity index (χ4n) is 3.46. The Morgan fingerprint density at radius 1 is 1.23 bits per heavy atom. The van der Waals surface area contributed by atoms with Crippen LogP contribution in [0.5, 0.6) is 5.75 Å². The number of hydrogen-bond donors (Lipinski definition) is 2. The van der Waals surface area contributed by atoms with Gasteiger partial charge in [0, 0.05) is 24.6 Å². The summed E-state index contributed by atoms with van der Waals surface area (Å²) in [5.41, 5.74) is 0.859. The average Bonchev–Trinajstić information content (AvgIpc) is 3.50. The molecule has 0 aliphatic carbocycles. The van der Waals surface area contributed by atoms with Gasteiger partial charge in [0.25, 0.3) is 5.91 Å². The molecule has 0 spiro atoms. The van der Waals surface area contributed by atoms with E-state index in [2.05, 4.69) is 20.5 Å². The number of nitrogens with zero attached hydrogens (tertiary/aromatic N) is 3. The van der Waals surface area contributed by atoms with E-state index in [9.17, 15) is 9.59 Å². The van der Waals surface area contributed by atoms with Crippen LogP contribution in [0.15, 0.2) is 47.1 Å². The highest BCUT2D eigenvalue weighted by molar-refractivity contribution is 5.91. The van der Waals surface area contributed by atoms with Gasteiger partial charge >= 0.3 is 0 Å².